The minimum Gasteiger partial charge on any atom is -0.377 e. The molecule has 0 bridgehead atoms. The van der Waals surface area contributed by atoms with Crippen LogP contribution >= 0.6 is 0 Å². The van der Waals surface area contributed by atoms with Crippen LogP contribution in [0.15, 0.2) is 35.1 Å². The van der Waals surface area contributed by atoms with Crippen LogP contribution in [-0.2, 0) is 11.3 Å². The van der Waals surface area contributed by atoms with Gasteiger partial charge in [-0.1, -0.05) is 30.7 Å². The number of benzene rings is 1. The number of rotatable bonds is 4. The van der Waals surface area contributed by atoms with E-state index in [1.807, 2.05) is 12.1 Å². The quantitative estimate of drug-likeness (QED) is 0.929. The third-order valence-electron chi connectivity index (χ3n) is 3.85. The molecule has 104 valence electrons. The van der Waals surface area contributed by atoms with Gasteiger partial charge in [0.25, 0.3) is 5.56 Å². The minimum atomic E-state index is -0.134. The Morgan fingerprint density at radius 1 is 1.35 bits per heavy atom. The zero-order valence-corrected chi connectivity index (χ0v) is 11.6. The summed E-state index contributed by atoms with van der Waals surface area (Å²) in [6, 6.07) is 9.82. The van der Waals surface area contributed by atoms with Crippen molar-refractivity contribution in [3.05, 3.63) is 52.1 Å². The summed E-state index contributed by atoms with van der Waals surface area (Å²) in [4.78, 5) is 19.0. The molecule has 4 heteroatoms. The van der Waals surface area contributed by atoms with Gasteiger partial charge < -0.3 is 9.72 Å². The van der Waals surface area contributed by atoms with Gasteiger partial charge in [0.05, 0.1) is 5.69 Å². The van der Waals surface area contributed by atoms with Gasteiger partial charge in [-0.15, -0.1) is 0 Å². The molecule has 0 unspecified atom stereocenters. The molecule has 1 aliphatic rings. The highest BCUT2D eigenvalue weighted by Crippen LogP contribution is 2.40. The Kier molecular flexibility index (Phi) is 3.65. The second-order valence-electron chi connectivity index (χ2n) is 5.23. The first-order valence-corrected chi connectivity index (χ1v) is 6.96. The summed E-state index contributed by atoms with van der Waals surface area (Å²) >= 11 is 0. The van der Waals surface area contributed by atoms with E-state index in [1.54, 1.807) is 13.2 Å². The highest BCUT2D eigenvalue weighted by Gasteiger charge is 2.22. The van der Waals surface area contributed by atoms with E-state index >= 15 is 0 Å². The van der Waals surface area contributed by atoms with Gasteiger partial charge in [0, 0.05) is 18.7 Å². The first kappa shape index (κ1) is 13.1. The van der Waals surface area contributed by atoms with Crippen molar-refractivity contribution >= 4 is 0 Å². The molecule has 0 aliphatic heterocycles. The highest BCUT2D eigenvalue weighted by molar-refractivity contribution is 5.64. The van der Waals surface area contributed by atoms with Gasteiger partial charge in [-0.2, -0.15) is 0 Å². The van der Waals surface area contributed by atoms with Crippen LogP contribution in [0.3, 0.4) is 0 Å². The number of hydrogen-bond donors (Lipinski definition) is 1. The SMILES string of the molecule is COCc1nc(-c2ccccc2C2CCC2)cc(=O)[nH]1. The van der Waals surface area contributed by atoms with Crippen LogP contribution in [0.1, 0.15) is 36.6 Å². The number of nitrogens with one attached hydrogen (secondary N) is 1. The Labute approximate surface area is 117 Å². The molecule has 1 aromatic carbocycles. The maximum absolute atomic E-state index is 11.8. The van der Waals surface area contributed by atoms with E-state index in [2.05, 4.69) is 22.1 Å². The van der Waals surface area contributed by atoms with Crippen LogP contribution in [0.5, 0.6) is 0 Å². The second-order valence-corrected chi connectivity index (χ2v) is 5.23. The molecule has 20 heavy (non-hydrogen) atoms. The largest absolute Gasteiger partial charge is 0.377 e. The van der Waals surface area contributed by atoms with Crippen molar-refractivity contribution in [2.75, 3.05) is 7.11 Å². The van der Waals surface area contributed by atoms with E-state index < -0.39 is 0 Å². The first-order valence-electron chi connectivity index (χ1n) is 6.96. The number of aromatic nitrogens is 2. The predicted octanol–water partition coefficient (Wildman–Crippen LogP) is 2.85. The third-order valence-corrected chi connectivity index (χ3v) is 3.85. The Bertz CT molecular complexity index is 660. The van der Waals surface area contributed by atoms with Gasteiger partial charge in [-0.3, -0.25) is 4.79 Å². The van der Waals surface area contributed by atoms with Gasteiger partial charge in [-0.05, 0) is 24.3 Å². The van der Waals surface area contributed by atoms with E-state index in [4.69, 9.17) is 4.74 Å². The fourth-order valence-electron chi connectivity index (χ4n) is 2.66. The summed E-state index contributed by atoms with van der Waals surface area (Å²) in [5, 5.41) is 0. The third kappa shape index (κ3) is 2.51. The Balaban J connectivity index is 2.06. The first-order chi connectivity index (χ1) is 9.78. The topological polar surface area (TPSA) is 55.0 Å². The van der Waals surface area contributed by atoms with Gasteiger partial charge in [0.1, 0.15) is 12.4 Å². The molecule has 0 spiro atoms. The van der Waals surface area contributed by atoms with Crippen LogP contribution in [0.25, 0.3) is 11.3 Å². The van der Waals surface area contributed by atoms with Gasteiger partial charge in [0.15, 0.2) is 0 Å². The Morgan fingerprint density at radius 2 is 2.15 bits per heavy atom. The number of aromatic amines is 1. The van der Waals surface area contributed by atoms with Crippen molar-refractivity contribution < 1.29 is 4.74 Å². The summed E-state index contributed by atoms with van der Waals surface area (Å²) in [6.07, 6.45) is 3.74. The lowest BCUT2D eigenvalue weighted by Gasteiger charge is -2.27. The number of nitrogens with zero attached hydrogens (tertiary/aromatic N) is 1. The van der Waals surface area contributed by atoms with Crippen molar-refractivity contribution in [2.24, 2.45) is 0 Å². The maximum Gasteiger partial charge on any atom is 0.251 e. The Morgan fingerprint density at radius 3 is 2.85 bits per heavy atom. The summed E-state index contributed by atoms with van der Waals surface area (Å²) in [5.41, 5.74) is 2.98. The summed E-state index contributed by atoms with van der Waals surface area (Å²) in [6.45, 7) is 0.314. The zero-order valence-electron chi connectivity index (χ0n) is 11.6. The van der Waals surface area contributed by atoms with E-state index in [1.165, 1.54) is 24.8 Å². The summed E-state index contributed by atoms with van der Waals surface area (Å²) in [7, 11) is 1.59. The molecule has 2 aromatic rings. The molecule has 1 aliphatic carbocycles. The van der Waals surface area contributed by atoms with Crippen LogP contribution in [0, 0.1) is 0 Å². The lowest BCUT2D eigenvalue weighted by molar-refractivity contribution is 0.177. The fourth-order valence-corrected chi connectivity index (χ4v) is 2.66. The van der Waals surface area contributed by atoms with E-state index in [0.717, 1.165) is 11.3 Å². The lowest BCUT2D eigenvalue weighted by Crippen LogP contribution is -2.14. The molecule has 0 amide bonds. The summed E-state index contributed by atoms with van der Waals surface area (Å²) in [5.74, 6) is 1.18. The highest BCUT2D eigenvalue weighted by atomic mass is 16.5. The lowest BCUT2D eigenvalue weighted by atomic mass is 9.78. The molecule has 0 radical (unpaired) electrons. The molecule has 0 saturated heterocycles. The molecular weight excluding hydrogens is 252 g/mol. The number of ether oxygens (including phenoxy) is 1. The predicted molar refractivity (Wildman–Crippen MR) is 77.6 cm³/mol. The van der Waals surface area contributed by atoms with Crippen molar-refractivity contribution in [3.8, 4) is 11.3 Å². The average molecular weight is 270 g/mol. The standard InChI is InChI=1S/C16H18N2O2/c1-20-10-15-17-14(9-16(19)18-15)13-8-3-2-7-12(13)11-5-4-6-11/h2-3,7-9,11H,4-6,10H2,1H3,(H,17,18,19). The smallest absolute Gasteiger partial charge is 0.251 e. The van der Waals surface area contributed by atoms with Crippen LogP contribution in [0.2, 0.25) is 0 Å². The van der Waals surface area contributed by atoms with E-state index in [9.17, 15) is 4.79 Å². The average Bonchev–Trinajstić information content (AvgIpc) is 2.37. The van der Waals surface area contributed by atoms with Crippen molar-refractivity contribution in [1.29, 1.82) is 0 Å². The van der Waals surface area contributed by atoms with Gasteiger partial charge >= 0.3 is 0 Å². The van der Waals surface area contributed by atoms with Gasteiger partial charge in [-0.25, -0.2) is 4.98 Å². The molecule has 1 heterocycles. The molecule has 1 N–H and O–H groups in total. The number of hydrogen-bond acceptors (Lipinski definition) is 3. The summed E-state index contributed by atoms with van der Waals surface area (Å²) < 4.78 is 5.05. The van der Waals surface area contributed by atoms with Crippen molar-refractivity contribution in [1.82, 2.24) is 9.97 Å². The molecule has 1 fully saturated rings. The molecular formula is C16H18N2O2. The van der Waals surface area contributed by atoms with Gasteiger partial charge in [0.2, 0.25) is 0 Å². The number of methoxy groups -OCH3 is 1. The minimum absolute atomic E-state index is 0.134. The van der Waals surface area contributed by atoms with Crippen molar-refractivity contribution in [2.45, 2.75) is 31.8 Å². The molecule has 1 saturated carbocycles. The molecule has 4 nitrogen and oxygen atoms in total. The second kappa shape index (κ2) is 5.59. The van der Waals surface area contributed by atoms with E-state index in [0.29, 0.717) is 18.3 Å². The molecule has 1 aromatic heterocycles. The van der Waals surface area contributed by atoms with Crippen LogP contribution in [0.4, 0.5) is 0 Å². The van der Waals surface area contributed by atoms with Crippen LogP contribution in [-0.4, -0.2) is 17.1 Å². The van der Waals surface area contributed by atoms with E-state index in [-0.39, 0.29) is 5.56 Å². The maximum atomic E-state index is 11.8. The fraction of sp³-hybridized carbons (Fsp3) is 0.375. The molecule has 0 atom stereocenters. The Hall–Kier alpha value is -1.94. The number of H-pyrrole nitrogens is 1. The van der Waals surface area contributed by atoms with Crippen LogP contribution < -0.4 is 5.56 Å². The monoisotopic (exact) mass is 270 g/mol. The molecule has 3 rings (SSSR count). The normalized spacial score (nSPS) is 15.1. The van der Waals surface area contributed by atoms with Crippen molar-refractivity contribution in [3.63, 3.8) is 0 Å². The zero-order chi connectivity index (χ0) is 13.9.